The van der Waals surface area contributed by atoms with Crippen molar-refractivity contribution < 1.29 is 4.79 Å². The molecule has 1 saturated carbocycles. The Hall–Kier alpha value is -0.630. The molecule has 2 rings (SSSR count). The Morgan fingerprint density at radius 1 is 1.47 bits per heavy atom. The van der Waals surface area contributed by atoms with Crippen LogP contribution < -0.4 is 0 Å². The summed E-state index contributed by atoms with van der Waals surface area (Å²) in [5.41, 5.74) is 0.280. The molecule has 15 heavy (non-hydrogen) atoms. The normalized spacial score (nSPS) is 22.7. The number of ketones is 1. The lowest BCUT2D eigenvalue weighted by Gasteiger charge is -2.00. The Labute approximate surface area is 95.5 Å². The van der Waals surface area contributed by atoms with Crippen LogP contribution in [0.3, 0.4) is 0 Å². The second-order valence-electron chi connectivity index (χ2n) is 5.11. The number of aryl methyl sites for hydroxylation is 1. The fourth-order valence-electron chi connectivity index (χ4n) is 2.02. The lowest BCUT2D eigenvalue weighted by atomic mass is 10.0. The summed E-state index contributed by atoms with van der Waals surface area (Å²) >= 11 is 1.79. The lowest BCUT2D eigenvalue weighted by Crippen LogP contribution is -2.08. The van der Waals surface area contributed by atoms with E-state index in [-0.39, 0.29) is 5.41 Å². The van der Waals surface area contributed by atoms with Crippen LogP contribution in [0.1, 0.15) is 36.9 Å². The van der Waals surface area contributed by atoms with Gasteiger partial charge in [-0.3, -0.25) is 4.79 Å². The van der Waals surface area contributed by atoms with Crippen LogP contribution in [0, 0.1) is 11.3 Å². The smallest absolute Gasteiger partial charge is 0.141 e. The average molecular weight is 222 g/mol. The van der Waals surface area contributed by atoms with E-state index in [4.69, 9.17) is 0 Å². The Kier molecular flexibility index (Phi) is 2.72. The first-order valence-corrected chi connectivity index (χ1v) is 6.45. The predicted octanol–water partition coefficient (Wildman–Crippen LogP) is 3.47. The highest BCUT2D eigenvalue weighted by molar-refractivity contribution is 7.12. The van der Waals surface area contributed by atoms with Crippen LogP contribution in [-0.4, -0.2) is 5.78 Å². The van der Waals surface area contributed by atoms with Gasteiger partial charge in [0.25, 0.3) is 0 Å². The molecule has 1 heterocycles. The fourth-order valence-corrected chi connectivity index (χ4v) is 2.99. The molecule has 1 aliphatic rings. The number of hydrogen-bond donors (Lipinski definition) is 0. The first-order valence-electron chi connectivity index (χ1n) is 5.63. The van der Waals surface area contributed by atoms with Gasteiger partial charge < -0.3 is 0 Å². The van der Waals surface area contributed by atoms with Gasteiger partial charge >= 0.3 is 0 Å². The Morgan fingerprint density at radius 2 is 2.07 bits per heavy atom. The van der Waals surface area contributed by atoms with Crippen molar-refractivity contribution in [2.24, 2.45) is 11.3 Å². The molecule has 2 heteroatoms. The molecule has 0 aromatic carbocycles. The minimum atomic E-state index is 0.280. The molecule has 1 aliphatic carbocycles. The van der Waals surface area contributed by atoms with Crippen molar-refractivity contribution in [2.45, 2.75) is 40.0 Å². The van der Waals surface area contributed by atoms with Crippen molar-refractivity contribution >= 4 is 17.1 Å². The van der Waals surface area contributed by atoms with E-state index in [2.05, 4.69) is 32.9 Å². The van der Waals surface area contributed by atoms with Gasteiger partial charge in [0.2, 0.25) is 0 Å². The SMILES string of the molecule is CCc1ccc(CC(=O)C2CC2(C)C)s1. The molecule has 1 fully saturated rings. The Bertz CT molecular complexity index is 376. The van der Waals surface area contributed by atoms with Crippen molar-refractivity contribution in [3.63, 3.8) is 0 Å². The van der Waals surface area contributed by atoms with Crippen LogP contribution in [0.5, 0.6) is 0 Å². The largest absolute Gasteiger partial charge is 0.299 e. The molecule has 1 atom stereocenters. The molecule has 0 radical (unpaired) electrons. The zero-order valence-electron chi connectivity index (χ0n) is 9.67. The summed E-state index contributed by atoms with van der Waals surface area (Å²) in [6, 6.07) is 4.25. The lowest BCUT2D eigenvalue weighted by molar-refractivity contribution is -0.120. The monoisotopic (exact) mass is 222 g/mol. The maximum absolute atomic E-state index is 11.9. The van der Waals surface area contributed by atoms with Gasteiger partial charge in [0.1, 0.15) is 5.78 Å². The summed E-state index contributed by atoms with van der Waals surface area (Å²) in [4.78, 5) is 14.5. The maximum Gasteiger partial charge on any atom is 0.141 e. The third-order valence-corrected chi connectivity index (χ3v) is 4.55. The second kappa shape index (κ2) is 3.75. The van der Waals surface area contributed by atoms with Crippen LogP contribution in [0.4, 0.5) is 0 Å². The molecule has 0 aliphatic heterocycles. The van der Waals surface area contributed by atoms with E-state index < -0.39 is 0 Å². The number of Topliss-reactive ketones (excluding diaryl/α,β-unsaturated/α-hetero) is 1. The predicted molar refractivity (Wildman–Crippen MR) is 64.3 cm³/mol. The number of thiophene rings is 1. The first-order chi connectivity index (χ1) is 7.03. The summed E-state index contributed by atoms with van der Waals surface area (Å²) < 4.78 is 0. The zero-order chi connectivity index (χ0) is 11.1. The van der Waals surface area contributed by atoms with Crippen LogP contribution in [0.2, 0.25) is 0 Å². The van der Waals surface area contributed by atoms with Crippen molar-refractivity contribution in [3.8, 4) is 0 Å². The van der Waals surface area contributed by atoms with E-state index in [0.29, 0.717) is 18.1 Å². The fraction of sp³-hybridized carbons (Fsp3) is 0.615. The van der Waals surface area contributed by atoms with Gasteiger partial charge in [-0.25, -0.2) is 0 Å². The van der Waals surface area contributed by atoms with E-state index in [1.807, 2.05) is 0 Å². The van der Waals surface area contributed by atoms with Gasteiger partial charge in [-0.05, 0) is 30.4 Å². The number of carbonyl (C=O) groups excluding carboxylic acids is 1. The summed E-state index contributed by atoms with van der Waals surface area (Å²) in [6.07, 6.45) is 2.81. The van der Waals surface area contributed by atoms with E-state index in [1.165, 1.54) is 9.75 Å². The van der Waals surface area contributed by atoms with Crippen molar-refractivity contribution in [2.75, 3.05) is 0 Å². The molecule has 82 valence electrons. The van der Waals surface area contributed by atoms with Crippen LogP contribution in [0.15, 0.2) is 12.1 Å². The maximum atomic E-state index is 11.9. The van der Waals surface area contributed by atoms with Crippen LogP contribution in [0.25, 0.3) is 0 Å². The van der Waals surface area contributed by atoms with Gasteiger partial charge in [-0.2, -0.15) is 0 Å². The number of hydrogen-bond acceptors (Lipinski definition) is 2. The van der Waals surface area contributed by atoms with Gasteiger partial charge in [0.05, 0.1) is 0 Å². The van der Waals surface area contributed by atoms with Crippen LogP contribution in [-0.2, 0) is 17.6 Å². The van der Waals surface area contributed by atoms with Gasteiger partial charge in [-0.1, -0.05) is 20.8 Å². The number of carbonyl (C=O) groups is 1. The number of rotatable bonds is 4. The molecule has 0 saturated heterocycles. The van der Waals surface area contributed by atoms with Crippen molar-refractivity contribution in [3.05, 3.63) is 21.9 Å². The third kappa shape index (κ3) is 2.31. The molecule has 1 aromatic rings. The van der Waals surface area contributed by atoms with Crippen molar-refractivity contribution in [1.82, 2.24) is 0 Å². The summed E-state index contributed by atoms with van der Waals surface area (Å²) in [5, 5.41) is 0. The van der Waals surface area contributed by atoms with Crippen LogP contribution >= 0.6 is 11.3 Å². The van der Waals surface area contributed by atoms with E-state index in [9.17, 15) is 4.79 Å². The summed E-state index contributed by atoms with van der Waals surface area (Å²) in [5.74, 6) is 0.758. The zero-order valence-corrected chi connectivity index (χ0v) is 10.5. The molecule has 0 N–H and O–H groups in total. The molecule has 0 bridgehead atoms. The summed E-state index contributed by atoms with van der Waals surface area (Å²) in [7, 11) is 0. The highest BCUT2D eigenvalue weighted by atomic mass is 32.1. The quantitative estimate of drug-likeness (QED) is 0.762. The Morgan fingerprint density at radius 3 is 2.53 bits per heavy atom. The molecule has 0 amide bonds. The highest BCUT2D eigenvalue weighted by Crippen LogP contribution is 2.52. The molecular weight excluding hydrogens is 204 g/mol. The van der Waals surface area contributed by atoms with E-state index >= 15 is 0 Å². The van der Waals surface area contributed by atoms with Crippen molar-refractivity contribution in [1.29, 1.82) is 0 Å². The molecule has 1 unspecified atom stereocenters. The highest BCUT2D eigenvalue weighted by Gasteiger charge is 2.49. The second-order valence-corrected chi connectivity index (χ2v) is 6.36. The molecular formula is C13H18OS. The topological polar surface area (TPSA) is 17.1 Å². The molecule has 1 nitrogen and oxygen atoms in total. The standard InChI is InChI=1S/C13H18OS/c1-4-9-5-6-10(15-9)7-12(14)11-8-13(11,2)3/h5-6,11H,4,7-8H2,1-3H3. The molecule has 1 aromatic heterocycles. The minimum Gasteiger partial charge on any atom is -0.299 e. The summed E-state index contributed by atoms with van der Waals surface area (Å²) in [6.45, 7) is 6.52. The average Bonchev–Trinajstić information content (AvgIpc) is 2.62. The molecule has 0 spiro atoms. The third-order valence-electron chi connectivity index (χ3n) is 3.32. The minimum absolute atomic E-state index is 0.280. The van der Waals surface area contributed by atoms with Gasteiger partial charge in [-0.15, -0.1) is 11.3 Å². The van der Waals surface area contributed by atoms with Gasteiger partial charge in [0.15, 0.2) is 0 Å². The van der Waals surface area contributed by atoms with E-state index in [0.717, 1.165) is 12.8 Å². The van der Waals surface area contributed by atoms with E-state index in [1.54, 1.807) is 11.3 Å². The first kappa shape index (κ1) is 10.9. The Balaban J connectivity index is 1.95. The van der Waals surface area contributed by atoms with Gasteiger partial charge in [0, 0.05) is 22.1 Å².